The molecule has 1 heterocycles. The van der Waals surface area contributed by atoms with E-state index in [2.05, 4.69) is 6.92 Å². The number of rotatable bonds is 5. The molecule has 1 aliphatic rings. The van der Waals surface area contributed by atoms with Crippen molar-refractivity contribution in [1.29, 1.82) is 5.41 Å². The second-order valence-electron chi connectivity index (χ2n) is 5.16. The van der Waals surface area contributed by atoms with E-state index in [1.807, 2.05) is 4.90 Å². The minimum absolute atomic E-state index is 0.113. The van der Waals surface area contributed by atoms with Gasteiger partial charge in [-0.05, 0) is 37.5 Å². The maximum absolute atomic E-state index is 14.1. The van der Waals surface area contributed by atoms with Crippen LogP contribution in [0.3, 0.4) is 0 Å². The van der Waals surface area contributed by atoms with Gasteiger partial charge in [0.25, 0.3) is 0 Å². The second-order valence-corrected chi connectivity index (χ2v) is 5.16. The average molecular weight is 279 g/mol. The van der Waals surface area contributed by atoms with E-state index in [1.165, 1.54) is 6.07 Å². The van der Waals surface area contributed by atoms with Crippen LogP contribution in [0.1, 0.15) is 31.7 Å². The first-order chi connectivity index (χ1) is 9.61. The zero-order valence-corrected chi connectivity index (χ0v) is 11.9. The molecule has 20 heavy (non-hydrogen) atoms. The lowest BCUT2D eigenvalue weighted by Gasteiger charge is -2.34. The molecule has 2 rings (SSSR count). The number of nitrogens with two attached hydrogens (primary N) is 1. The highest BCUT2D eigenvalue weighted by Crippen LogP contribution is 2.25. The summed E-state index contributed by atoms with van der Waals surface area (Å²) in [4.78, 5) is 2.02. The Hall–Kier alpha value is -1.62. The van der Waals surface area contributed by atoms with Crippen molar-refractivity contribution in [2.75, 3.05) is 24.6 Å². The van der Waals surface area contributed by atoms with E-state index in [4.69, 9.17) is 15.9 Å². The van der Waals surface area contributed by atoms with Crippen LogP contribution in [-0.2, 0) is 4.74 Å². The number of ether oxygens (including phenoxy) is 1. The van der Waals surface area contributed by atoms with Crippen LogP contribution in [0.4, 0.5) is 10.1 Å². The van der Waals surface area contributed by atoms with Gasteiger partial charge in [0.1, 0.15) is 11.7 Å². The maximum atomic E-state index is 14.1. The van der Waals surface area contributed by atoms with E-state index in [9.17, 15) is 4.39 Å². The number of benzene rings is 1. The summed E-state index contributed by atoms with van der Waals surface area (Å²) in [6, 6.07) is 4.72. The number of nitrogens with one attached hydrogen (secondary N) is 1. The second kappa shape index (κ2) is 6.70. The van der Waals surface area contributed by atoms with Crippen LogP contribution < -0.4 is 10.6 Å². The van der Waals surface area contributed by atoms with Gasteiger partial charge in [-0.15, -0.1) is 0 Å². The monoisotopic (exact) mass is 279 g/mol. The Balaban J connectivity index is 2.08. The number of amidine groups is 1. The van der Waals surface area contributed by atoms with Crippen molar-refractivity contribution in [3.63, 3.8) is 0 Å². The molecule has 5 heteroatoms. The Morgan fingerprint density at radius 3 is 3.00 bits per heavy atom. The van der Waals surface area contributed by atoms with Gasteiger partial charge in [-0.2, -0.15) is 0 Å². The van der Waals surface area contributed by atoms with Crippen LogP contribution in [0.15, 0.2) is 18.2 Å². The largest absolute Gasteiger partial charge is 0.384 e. The van der Waals surface area contributed by atoms with Crippen LogP contribution in [0.2, 0.25) is 0 Å². The Morgan fingerprint density at radius 1 is 1.55 bits per heavy atom. The quantitative estimate of drug-likeness (QED) is 0.643. The molecule has 1 aliphatic heterocycles. The third kappa shape index (κ3) is 3.48. The first-order valence-corrected chi connectivity index (χ1v) is 7.12. The zero-order chi connectivity index (χ0) is 14.5. The highest BCUT2D eigenvalue weighted by atomic mass is 19.1. The molecule has 4 nitrogen and oxygen atoms in total. The fraction of sp³-hybridized carbons (Fsp3) is 0.533. The maximum Gasteiger partial charge on any atom is 0.147 e. The topological polar surface area (TPSA) is 62.3 Å². The molecular formula is C15H22FN3O. The van der Waals surface area contributed by atoms with E-state index in [0.717, 1.165) is 39.0 Å². The number of nitrogens with zero attached hydrogens (tertiary/aromatic N) is 1. The van der Waals surface area contributed by atoms with E-state index in [1.54, 1.807) is 12.1 Å². The lowest BCUT2D eigenvalue weighted by Crippen LogP contribution is -2.40. The van der Waals surface area contributed by atoms with Crippen LogP contribution >= 0.6 is 0 Å². The molecule has 0 aliphatic carbocycles. The number of anilines is 1. The van der Waals surface area contributed by atoms with Crippen molar-refractivity contribution >= 4 is 11.5 Å². The Morgan fingerprint density at radius 2 is 2.35 bits per heavy atom. The first-order valence-electron chi connectivity index (χ1n) is 7.12. The van der Waals surface area contributed by atoms with Crippen molar-refractivity contribution in [1.82, 2.24) is 0 Å². The summed E-state index contributed by atoms with van der Waals surface area (Å²) in [6.07, 6.45) is 3.21. The predicted octanol–water partition coefficient (Wildman–Crippen LogP) is 2.51. The number of halogens is 1. The predicted molar refractivity (Wildman–Crippen MR) is 78.9 cm³/mol. The van der Waals surface area contributed by atoms with Crippen molar-refractivity contribution in [3.05, 3.63) is 29.6 Å². The average Bonchev–Trinajstić information content (AvgIpc) is 2.45. The van der Waals surface area contributed by atoms with Crippen molar-refractivity contribution < 1.29 is 9.13 Å². The van der Waals surface area contributed by atoms with E-state index >= 15 is 0 Å². The molecule has 1 atom stereocenters. The van der Waals surface area contributed by atoms with Gasteiger partial charge in [0.2, 0.25) is 0 Å². The molecule has 1 fully saturated rings. The standard InChI is InChI=1S/C15H22FN3O/c1-2-8-20-12-4-3-7-19(10-12)14-6-5-11(15(17)18)9-13(14)16/h5-6,9,12H,2-4,7-8,10H2,1H3,(H3,17,18). The number of hydrogen-bond donors (Lipinski definition) is 2. The fourth-order valence-electron chi connectivity index (χ4n) is 2.51. The zero-order valence-electron chi connectivity index (χ0n) is 11.9. The van der Waals surface area contributed by atoms with Gasteiger partial charge in [-0.1, -0.05) is 6.92 Å². The highest BCUT2D eigenvalue weighted by Gasteiger charge is 2.22. The van der Waals surface area contributed by atoms with E-state index in [0.29, 0.717) is 11.3 Å². The third-order valence-electron chi connectivity index (χ3n) is 3.54. The summed E-state index contributed by atoms with van der Waals surface area (Å²) in [5, 5.41) is 7.33. The van der Waals surface area contributed by atoms with Gasteiger partial charge >= 0.3 is 0 Å². The lowest BCUT2D eigenvalue weighted by molar-refractivity contribution is 0.0439. The van der Waals surface area contributed by atoms with Crippen LogP contribution in [0.25, 0.3) is 0 Å². The third-order valence-corrected chi connectivity index (χ3v) is 3.54. The summed E-state index contributed by atoms with van der Waals surface area (Å²) in [5.74, 6) is -0.438. The summed E-state index contributed by atoms with van der Waals surface area (Å²) >= 11 is 0. The Labute approximate surface area is 119 Å². The van der Waals surface area contributed by atoms with Gasteiger partial charge in [0.15, 0.2) is 0 Å². The summed E-state index contributed by atoms with van der Waals surface area (Å²) in [5.41, 5.74) is 6.36. The van der Waals surface area contributed by atoms with Crippen molar-refractivity contribution in [2.45, 2.75) is 32.3 Å². The Bertz CT molecular complexity index is 478. The number of nitrogen functional groups attached to an aromatic ring is 1. The van der Waals surface area contributed by atoms with Gasteiger partial charge in [0, 0.05) is 25.3 Å². The minimum Gasteiger partial charge on any atom is -0.384 e. The Kier molecular flexibility index (Phi) is 4.95. The highest BCUT2D eigenvalue weighted by molar-refractivity contribution is 5.95. The van der Waals surface area contributed by atoms with Crippen LogP contribution in [0, 0.1) is 11.2 Å². The molecule has 0 radical (unpaired) electrons. The number of hydrogen-bond acceptors (Lipinski definition) is 3. The SMILES string of the molecule is CCCOC1CCCN(c2ccc(C(=N)N)cc2F)C1. The molecule has 0 aromatic heterocycles. The fourth-order valence-corrected chi connectivity index (χ4v) is 2.51. The molecule has 0 saturated carbocycles. The van der Waals surface area contributed by atoms with E-state index < -0.39 is 0 Å². The summed E-state index contributed by atoms with van der Waals surface area (Å²) in [6.45, 7) is 4.39. The van der Waals surface area contributed by atoms with Crippen LogP contribution in [-0.4, -0.2) is 31.6 Å². The molecular weight excluding hydrogens is 257 g/mol. The molecule has 1 saturated heterocycles. The van der Waals surface area contributed by atoms with Gasteiger partial charge in [0.05, 0.1) is 11.8 Å². The molecule has 1 aromatic carbocycles. The molecule has 110 valence electrons. The first kappa shape index (κ1) is 14.8. The normalized spacial score (nSPS) is 19.1. The molecule has 0 spiro atoms. The molecule has 0 bridgehead atoms. The molecule has 0 amide bonds. The lowest BCUT2D eigenvalue weighted by atomic mass is 10.1. The smallest absolute Gasteiger partial charge is 0.147 e. The van der Waals surface area contributed by atoms with Gasteiger partial charge in [-0.25, -0.2) is 4.39 Å². The summed E-state index contributed by atoms with van der Waals surface area (Å²) in [7, 11) is 0. The minimum atomic E-state index is -0.325. The molecule has 1 aromatic rings. The van der Waals surface area contributed by atoms with Crippen LogP contribution in [0.5, 0.6) is 0 Å². The summed E-state index contributed by atoms with van der Waals surface area (Å²) < 4.78 is 19.9. The van der Waals surface area contributed by atoms with Crippen molar-refractivity contribution in [3.8, 4) is 0 Å². The van der Waals surface area contributed by atoms with Gasteiger partial charge in [-0.3, -0.25) is 5.41 Å². The van der Waals surface area contributed by atoms with E-state index in [-0.39, 0.29) is 17.8 Å². The van der Waals surface area contributed by atoms with Crippen molar-refractivity contribution in [2.24, 2.45) is 5.73 Å². The van der Waals surface area contributed by atoms with Gasteiger partial charge < -0.3 is 15.4 Å². The molecule has 3 N–H and O–H groups in total. The molecule has 1 unspecified atom stereocenters. The number of piperidine rings is 1.